The summed E-state index contributed by atoms with van der Waals surface area (Å²) in [6.45, 7) is 2.42. The van der Waals surface area contributed by atoms with Crippen LogP contribution >= 0.6 is 10.7 Å². The first-order chi connectivity index (χ1) is 13.1. The van der Waals surface area contributed by atoms with Gasteiger partial charge < -0.3 is 9.47 Å². The molecule has 3 aromatic carbocycles. The van der Waals surface area contributed by atoms with Gasteiger partial charge in [-0.15, -0.1) is 0 Å². The van der Waals surface area contributed by atoms with Crippen molar-refractivity contribution in [3.63, 3.8) is 0 Å². The summed E-state index contributed by atoms with van der Waals surface area (Å²) in [7, 11) is 3.72. The molecule has 1 unspecified atom stereocenters. The maximum atomic E-state index is 14.3. The Hall–Kier alpha value is -2.37. The van der Waals surface area contributed by atoms with Crippen LogP contribution in [0.4, 0.5) is 4.39 Å². The van der Waals surface area contributed by atoms with Crippen LogP contribution in [-0.4, -0.2) is 4.21 Å². The third kappa shape index (κ3) is 5.08. The van der Waals surface area contributed by atoms with Crippen LogP contribution in [0.3, 0.4) is 0 Å². The van der Waals surface area contributed by atoms with Gasteiger partial charge in [0.2, 0.25) is 0 Å². The highest BCUT2D eigenvalue weighted by atomic mass is 35.7. The van der Waals surface area contributed by atoms with E-state index < -0.39 is 15.8 Å². The molecule has 0 aliphatic heterocycles. The largest absolute Gasteiger partial charge is 0.485 e. The summed E-state index contributed by atoms with van der Waals surface area (Å²) in [5, 5.41) is 0. The van der Waals surface area contributed by atoms with Crippen molar-refractivity contribution in [1.29, 1.82) is 0 Å². The van der Waals surface area contributed by atoms with Crippen molar-refractivity contribution < 1.29 is 18.1 Å². The monoisotopic (exact) mass is 404 g/mol. The minimum Gasteiger partial charge on any atom is -0.485 e. The molecule has 0 bridgehead atoms. The summed E-state index contributed by atoms with van der Waals surface area (Å²) < 4.78 is 37.2. The first-order valence-electron chi connectivity index (χ1n) is 8.42. The lowest BCUT2D eigenvalue weighted by molar-refractivity contribution is 0.289. The average Bonchev–Trinajstić information content (AvgIpc) is 2.69. The number of halogens is 2. The van der Waals surface area contributed by atoms with Gasteiger partial charge in [-0.25, -0.2) is 8.60 Å². The molecule has 0 saturated heterocycles. The number of aryl methyl sites for hydroxylation is 1. The highest BCUT2D eigenvalue weighted by Gasteiger charge is 2.13. The van der Waals surface area contributed by atoms with Gasteiger partial charge in [0.05, 0.1) is 4.90 Å². The van der Waals surface area contributed by atoms with E-state index in [0.29, 0.717) is 18.1 Å². The van der Waals surface area contributed by atoms with E-state index in [4.69, 9.17) is 20.2 Å². The summed E-state index contributed by atoms with van der Waals surface area (Å²) >= 11 is 0. The SMILES string of the molecule is CCc1ccc(Oc2ccc(S(=O)Cl)cc2F)c(OCc2ccccc2)c1. The van der Waals surface area contributed by atoms with Crippen molar-refractivity contribution in [2.24, 2.45) is 0 Å². The van der Waals surface area contributed by atoms with E-state index in [1.54, 1.807) is 6.07 Å². The van der Waals surface area contributed by atoms with Gasteiger partial charge in [0.15, 0.2) is 23.1 Å². The summed E-state index contributed by atoms with van der Waals surface area (Å²) in [5.74, 6) is 0.300. The Balaban J connectivity index is 1.85. The van der Waals surface area contributed by atoms with Crippen molar-refractivity contribution in [3.8, 4) is 17.2 Å². The van der Waals surface area contributed by atoms with Crippen LogP contribution < -0.4 is 9.47 Å². The molecule has 0 aliphatic carbocycles. The molecule has 140 valence electrons. The molecule has 1 atom stereocenters. The first-order valence-corrected chi connectivity index (χ1v) is 10.4. The molecule has 27 heavy (non-hydrogen) atoms. The highest BCUT2D eigenvalue weighted by Crippen LogP contribution is 2.35. The van der Waals surface area contributed by atoms with Crippen LogP contribution in [0.2, 0.25) is 0 Å². The Kier molecular flexibility index (Phi) is 6.48. The first kappa shape index (κ1) is 19.4. The van der Waals surface area contributed by atoms with Gasteiger partial charge in [-0.3, -0.25) is 0 Å². The maximum Gasteiger partial charge on any atom is 0.169 e. The van der Waals surface area contributed by atoms with Crippen LogP contribution in [0.1, 0.15) is 18.1 Å². The molecule has 6 heteroatoms. The Morgan fingerprint density at radius 3 is 2.33 bits per heavy atom. The quantitative estimate of drug-likeness (QED) is 0.451. The summed E-state index contributed by atoms with van der Waals surface area (Å²) in [6, 6.07) is 19.3. The second kappa shape index (κ2) is 9.02. The van der Waals surface area contributed by atoms with Crippen molar-refractivity contribution in [2.45, 2.75) is 24.8 Å². The average molecular weight is 405 g/mol. The predicted octanol–water partition coefficient (Wildman–Crippen LogP) is 6.02. The summed E-state index contributed by atoms with van der Waals surface area (Å²) in [5.41, 5.74) is 2.10. The zero-order valence-electron chi connectivity index (χ0n) is 14.7. The van der Waals surface area contributed by atoms with Gasteiger partial charge in [0.25, 0.3) is 0 Å². The van der Waals surface area contributed by atoms with Crippen molar-refractivity contribution in [1.82, 2.24) is 0 Å². The number of benzene rings is 3. The van der Waals surface area contributed by atoms with Crippen LogP contribution in [0.5, 0.6) is 17.2 Å². The Morgan fingerprint density at radius 2 is 1.67 bits per heavy atom. The lowest BCUT2D eigenvalue weighted by Crippen LogP contribution is -1.99. The molecule has 0 N–H and O–H groups in total. The molecule has 0 fully saturated rings. The van der Waals surface area contributed by atoms with Crippen molar-refractivity contribution >= 4 is 20.7 Å². The Morgan fingerprint density at radius 1 is 0.926 bits per heavy atom. The Bertz CT molecular complexity index is 947. The van der Waals surface area contributed by atoms with E-state index in [9.17, 15) is 8.60 Å². The minimum absolute atomic E-state index is 0.00896. The second-order valence-corrected chi connectivity index (χ2v) is 7.59. The van der Waals surface area contributed by atoms with Crippen LogP contribution in [0.25, 0.3) is 0 Å². The van der Waals surface area contributed by atoms with Gasteiger partial charge in [-0.05, 0) is 58.6 Å². The topological polar surface area (TPSA) is 35.5 Å². The fourth-order valence-corrected chi connectivity index (χ4v) is 3.15. The molecule has 0 aliphatic rings. The Labute approximate surface area is 164 Å². The smallest absolute Gasteiger partial charge is 0.169 e. The highest BCUT2D eigenvalue weighted by molar-refractivity contribution is 8.08. The van der Waals surface area contributed by atoms with Gasteiger partial charge in [0, 0.05) is 0 Å². The number of hydrogen-bond acceptors (Lipinski definition) is 3. The van der Waals surface area contributed by atoms with Gasteiger partial charge in [0.1, 0.15) is 16.6 Å². The van der Waals surface area contributed by atoms with Crippen LogP contribution in [0.15, 0.2) is 71.6 Å². The van der Waals surface area contributed by atoms with Gasteiger partial charge in [-0.2, -0.15) is 0 Å². The zero-order valence-corrected chi connectivity index (χ0v) is 16.2. The van der Waals surface area contributed by atoms with E-state index in [-0.39, 0.29) is 10.6 Å². The fraction of sp³-hybridized carbons (Fsp3) is 0.143. The maximum absolute atomic E-state index is 14.3. The molecule has 0 saturated carbocycles. The molecule has 0 heterocycles. The summed E-state index contributed by atoms with van der Waals surface area (Å²) in [4.78, 5) is 0.184. The van der Waals surface area contributed by atoms with E-state index in [0.717, 1.165) is 23.6 Å². The van der Waals surface area contributed by atoms with E-state index in [2.05, 4.69) is 0 Å². The second-order valence-electron chi connectivity index (χ2n) is 5.83. The van der Waals surface area contributed by atoms with Crippen LogP contribution in [-0.2, 0) is 23.0 Å². The molecular formula is C21H18ClFO3S. The molecular weight excluding hydrogens is 387 g/mol. The number of rotatable bonds is 7. The third-order valence-electron chi connectivity index (χ3n) is 3.96. The predicted molar refractivity (Wildman–Crippen MR) is 105 cm³/mol. The van der Waals surface area contributed by atoms with E-state index >= 15 is 0 Å². The van der Waals surface area contributed by atoms with Crippen LogP contribution in [0, 0.1) is 5.82 Å². The number of ether oxygens (including phenoxy) is 2. The van der Waals surface area contributed by atoms with Gasteiger partial charge >= 0.3 is 0 Å². The van der Waals surface area contributed by atoms with Gasteiger partial charge in [-0.1, -0.05) is 43.3 Å². The fourth-order valence-electron chi connectivity index (χ4n) is 2.49. The molecule has 0 spiro atoms. The van der Waals surface area contributed by atoms with Crippen molar-refractivity contribution in [3.05, 3.63) is 83.7 Å². The zero-order chi connectivity index (χ0) is 19.2. The lowest BCUT2D eigenvalue weighted by atomic mass is 10.1. The van der Waals surface area contributed by atoms with Crippen molar-refractivity contribution in [2.75, 3.05) is 0 Å². The lowest BCUT2D eigenvalue weighted by Gasteiger charge is -2.14. The summed E-state index contributed by atoms with van der Waals surface area (Å²) in [6.07, 6.45) is 0.840. The third-order valence-corrected chi connectivity index (χ3v) is 5.12. The standard InChI is InChI=1S/C21H18ClFO3S/c1-2-15-8-10-20(21(12-15)25-14-16-6-4-3-5-7-16)26-19-11-9-17(27(22)24)13-18(19)23/h3-13H,2,14H2,1H3. The molecule has 3 rings (SSSR count). The molecule has 3 nitrogen and oxygen atoms in total. The normalized spacial score (nSPS) is 11.8. The minimum atomic E-state index is -1.78. The molecule has 0 radical (unpaired) electrons. The number of hydrogen-bond donors (Lipinski definition) is 0. The van der Waals surface area contributed by atoms with E-state index in [1.807, 2.05) is 49.4 Å². The molecule has 0 amide bonds. The molecule has 0 aromatic heterocycles. The van der Waals surface area contributed by atoms with E-state index in [1.165, 1.54) is 12.1 Å². The molecule has 3 aromatic rings.